The van der Waals surface area contributed by atoms with Crippen LogP contribution in [0.4, 0.5) is 20.2 Å². The van der Waals surface area contributed by atoms with E-state index in [0.29, 0.717) is 0 Å². The molecule has 2 saturated heterocycles. The minimum Gasteiger partial charge on any atom is -0.369 e. The Hall–Kier alpha value is -1.62. The van der Waals surface area contributed by atoms with Crippen LogP contribution in [0.15, 0.2) is 46.9 Å². The quantitative estimate of drug-likeness (QED) is 0.537. The van der Waals surface area contributed by atoms with Crippen LogP contribution in [0, 0.1) is 11.6 Å². The first kappa shape index (κ1) is 20.1. The van der Waals surface area contributed by atoms with Gasteiger partial charge >= 0.3 is 0 Å². The lowest BCUT2D eigenvalue weighted by Gasteiger charge is -2.29. The molecule has 4 rings (SSSR count). The van der Waals surface area contributed by atoms with Crippen LogP contribution in [-0.4, -0.2) is 26.2 Å². The first-order valence-electron chi connectivity index (χ1n) is 9.84. The molecule has 5 heteroatoms. The third-order valence-electron chi connectivity index (χ3n) is 5.16. The summed E-state index contributed by atoms with van der Waals surface area (Å²) in [6.07, 6.45) is 7.28. The third kappa shape index (κ3) is 5.68. The molecular weight excluding hydrogens is 410 g/mol. The van der Waals surface area contributed by atoms with Crippen molar-refractivity contribution in [3.63, 3.8) is 0 Å². The lowest BCUT2D eigenvalue weighted by atomic mass is 10.1. The van der Waals surface area contributed by atoms with Gasteiger partial charge < -0.3 is 9.80 Å². The molecule has 0 unspecified atom stereocenters. The summed E-state index contributed by atoms with van der Waals surface area (Å²) in [5.74, 6) is -0.217. The molecule has 2 aromatic carbocycles. The van der Waals surface area contributed by atoms with E-state index in [0.717, 1.165) is 42.0 Å². The van der Waals surface area contributed by atoms with Gasteiger partial charge in [0.05, 0.1) is 11.4 Å². The summed E-state index contributed by atoms with van der Waals surface area (Å²) in [6, 6.07) is 12.3. The maximum atomic E-state index is 13.6. The van der Waals surface area contributed by atoms with Gasteiger partial charge in [-0.15, -0.1) is 0 Å². The van der Waals surface area contributed by atoms with Crippen LogP contribution >= 0.6 is 15.9 Å². The molecule has 0 saturated carbocycles. The zero-order chi connectivity index (χ0) is 19.1. The van der Waals surface area contributed by atoms with E-state index in [1.807, 2.05) is 24.3 Å². The Morgan fingerprint density at radius 3 is 1.67 bits per heavy atom. The molecule has 0 N–H and O–H groups in total. The predicted molar refractivity (Wildman–Crippen MR) is 113 cm³/mol. The molecule has 2 heterocycles. The van der Waals surface area contributed by atoms with E-state index in [2.05, 4.69) is 25.7 Å². The molecule has 27 heavy (non-hydrogen) atoms. The molecule has 2 aromatic rings. The van der Waals surface area contributed by atoms with Crippen LogP contribution in [0.5, 0.6) is 0 Å². The lowest BCUT2D eigenvalue weighted by Crippen LogP contribution is -2.30. The lowest BCUT2D eigenvalue weighted by molar-refractivity contribution is 0.556. The number of rotatable bonds is 2. The molecule has 0 spiro atoms. The number of piperidine rings is 2. The van der Waals surface area contributed by atoms with Crippen LogP contribution in [0.3, 0.4) is 0 Å². The normalized spacial score (nSPS) is 17.3. The first-order valence-corrected chi connectivity index (χ1v) is 10.6. The van der Waals surface area contributed by atoms with E-state index in [1.165, 1.54) is 50.7 Å². The van der Waals surface area contributed by atoms with E-state index < -0.39 is 0 Å². The van der Waals surface area contributed by atoms with Gasteiger partial charge in [0.1, 0.15) is 11.6 Å². The number of nitrogens with zero attached hydrogens (tertiary/aromatic N) is 2. The molecular formula is C22H27BrF2N2. The Labute approximate surface area is 169 Å². The van der Waals surface area contributed by atoms with Crippen molar-refractivity contribution in [3.8, 4) is 0 Å². The highest BCUT2D eigenvalue weighted by Crippen LogP contribution is 2.25. The van der Waals surface area contributed by atoms with Crippen LogP contribution in [0.1, 0.15) is 38.5 Å². The van der Waals surface area contributed by atoms with Gasteiger partial charge in [0.15, 0.2) is 0 Å². The van der Waals surface area contributed by atoms with Crippen molar-refractivity contribution in [1.82, 2.24) is 0 Å². The highest BCUT2D eigenvalue weighted by Gasteiger charge is 2.14. The van der Waals surface area contributed by atoms with Crippen LogP contribution in [-0.2, 0) is 0 Å². The zero-order valence-corrected chi connectivity index (χ0v) is 17.2. The number of anilines is 2. The van der Waals surface area contributed by atoms with Gasteiger partial charge in [-0.3, -0.25) is 0 Å². The maximum absolute atomic E-state index is 13.6. The van der Waals surface area contributed by atoms with Gasteiger partial charge in [-0.05, 0) is 68.9 Å². The second-order valence-electron chi connectivity index (χ2n) is 7.14. The summed E-state index contributed by atoms with van der Waals surface area (Å²) in [5, 5.41) is 0. The maximum Gasteiger partial charge on any atom is 0.147 e. The van der Waals surface area contributed by atoms with Gasteiger partial charge in [0.2, 0.25) is 0 Å². The molecule has 0 radical (unpaired) electrons. The van der Waals surface area contributed by atoms with Crippen molar-refractivity contribution in [2.24, 2.45) is 0 Å². The van der Waals surface area contributed by atoms with E-state index in [4.69, 9.17) is 0 Å². The number of para-hydroxylation sites is 1. The monoisotopic (exact) mass is 436 g/mol. The number of benzene rings is 2. The first-order chi connectivity index (χ1) is 13.1. The summed E-state index contributed by atoms with van der Waals surface area (Å²) >= 11 is 3.26. The molecule has 146 valence electrons. The van der Waals surface area contributed by atoms with Gasteiger partial charge in [-0.1, -0.05) is 28.1 Å². The van der Waals surface area contributed by atoms with Crippen molar-refractivity contribution in [2.75, 3.05) is 36.0 Å². The SMILES string of the molecule is Fc1cc(Br)ccc1N1CCCCC1.Fc1ccccc1N1CCCCC1. The molecule has 0 bridgehead atoms. The minimum absolute atomic E-state index is 0.0931. The fourth-order valence-electron chi connectivity index (χ4n) is 3.72. The summed E-state index contributed by atoms with van der Waals surface area (Å²) in [4.78, 5) is 4.27. The minimum atomic E-state index is -0.124. The van der Waals surface area contributed by atoms with Crippen LogP contribution in [0.2, 0.25) is 0 Å². The van der Waals surface area contributed by atoms with Crippen molar-refractivity contribution < 1.29 is 8.78 Å². The fraction of sp³-hybridized carbons (Fsp3) is 0.455. The van der Waals surface area contributed by atoms with E-state index in [9.17, 15) is 8.78 Å². The summed E-state index contributed by atoms with van der Waals surface area (Å²) in [7, 11) is 0. The zero-order valence-electron chi connectivity index (χ0n) is 15.6. The third-order valence-corrected chi connectivity index (χ3v) is 5.65. The fourth-order valence-corrected chi connectivity index (χ4v) is 4.05. The Bertz CT molecular complexity index is 726. The summed E-state index contributed by atoms with van der Waals surface area (Å²) in [6.45, 7) is 3.97. The van der Waals surface area contributed by atoms with Gasteiger partial charge in [0.25, 0.3) is 0 Å². The van der Waals surface area contributed by atoms with E-state index in [-0.39, 0.29) is 11.6 Å². The Morgan fingerprint density at radius 1 is 0.630 bits per heavy atom. The molecule has 2 aliphatic heterocycles. The van der Waals surface area contributed by atoms with E-state index in [1.54, 1.807) is 6.07 Å². The van der Waals surface area contributed by atoms with Crippen molar-refractivity contribution in [2.45, 2.75) is 38.5 Å². The molecule has 2 aliphatic rings. The largest absolute Gasteiger partial charge is 0.369 e. The average Bonchev–Trinajstić information content (AvgIpc) is 2.70. The summed E-state index contributed by atoms with van der Waals surface area (Å²) < 4.78 is 27.7. The Kier molecular flexibility index (Phi) is 7.50. The Balaban J connectivity index is 0.000000156. The van der Waals surface area contributed by atoms with Crippen molar-refractivity contribution >= 4 is 27.3 Å². The highest BCUT2D eigenvalue weighted by atomic mass is 79.9. The average molecular weight is 437 g/mol. The Morgan fingerprint density at radius 2 is 1.15 bits per heavy atom. The van der Waals surface area contributed by atoms with Crippen molar-refractivity contribution in [3.05, 3.63) is 58.6 Å². The topological polar surface area (TPSA) is 6.48 Å². The standard InChI is InChI=1S/C11H13BrFN.C11H14FN/c12-9-4-5-11(10(13)8-9)14-6-2-1-3-7-14;12-10-6-2-3-7-11(10)13-8-4-1-5-9-13/h4-5,8H,1-3,6-7H2;2-3,6-7H,1,4-5,8-9H2. The van der Waals surface area contributed by atoms with Gasteiger partial charge in [-0.25, -0.2) is 8.78 Å². The predicted octanol–water partition coefficient (Wildman–Crippen LogP) is 6.39. The number of hydrogen-bond donors (Lipinski definition) is 0. The van der Waals surface area contributed by atoms with Crippen LogP contribution in [0.25, 0.3) is 0 Å². The van der Waals surface area contributed by atoms with Gasteiger partial charge in [-0.2, -0.15) is 0 Å². The van der Waals surface area contributed by atoms with Crippen LogP contribution < -0.4 is 9.80 Å². The molecule has 2 nitrogen and oxygen atoms in total. The summed E-state index contributed by atoms with van der Waals surface area (Å²) in [5.41, 5.74) is 1.51. The second-order valence-corrected chi connectivity index (χ2v) is 8.06. The molecule has 0 atom stereocenters. The number of halogens is 3. The second kappa shape index (κ2) is 10.1. The molecule has 0 amide bonds. The number of hydrogen-bond acceptors (Lipinski definition) is 2. The highest BCUT2D eigenvalue weighted by molar-refractivity contribution is 9.10. The molecule has 2 fully saturated rings. The molecule has 0 aliphatic carbocycles. The van der Waals surface area contributed by atoms with E-state index >= 15 is 0 Å². The molecule has 0 aromatic heterocycles. The van der Waals surface area contributed by atoms with Crippen molar-refractivity contribution in [1.29, 1.82) is 0 Å². The smallest absolute Gasteiger partial charge is 0.147 e. The van der Waals surface area contributed by atoms with Gasteiger partial charge in [0, 0.05) is 30.7 Å².